The van der Waals surface area contributed by atoms with Crippen molar-refractivity contribution in [2.75, 3.05) is 6.54 Å². The van der Waals surface area contributed by atoms with Gasteiger partial charge in [0.05, 0.1) is 5.52 Å². The lowest BCUT2D eigenvalue weighted by Crippen LogP contribution is -2.44. The van der Waals surface area contributed by atoms with E-state index in [4.69, 9.17) is 0 Å². The van der Waals surface area contributed by atoms with Gasteiger partial charge in [-0.2, -0.15) is 0 Å². The quantitative estimate of drug-likeness (QED) is 0.489. The Bertz CT molecular complexity index is 1020. The molecule has 0 saturated carbocycles. The van der Waals surface area contributed by atoms with Crippen LogP contribution >= 0.6 is 0 Å². The maximum absolute atomic E-state index is 13.3. The van der Waals surface area contributed by atoms with Gasteiger partial charge in [-0.05, 0) is 69.7 Å². The minimum Gasteiger partial charge on any atom is -0.308 e. The lowest BCUT2D eigenvalue weighted by molar-refractivity contribution is 0.101. The van der Waals surface area contributed by atoms with E-state index in [0.29, 0.717) is 12.1 Å². The Kier molecular flexibility index (Phi) is 6.63. The van der Waals surface area contributed by atoms with E-state index in [2.05, 4.69) is 35.9 Å². The average Bonchev–Trinajstić information content (AvgIpc) is 2.77. The third-order valence-corrected chi connectivity index (χ3v) is 6.65. The van der Waals surface area contributed by atoms with Crippen LogP contribution in [0.15, 0.2) is 59.7 Å². The number of piperidine rings is 1. The molecule has 0 N–H and O–H groups in total. The number of pyridine rings is 2. The van der Waals surface area contributed by atoms with Crippen LogP contribution in [0.1, 0.15) is 52.4 Å². The van der Waals surface area contributed by atoms with Crippen molar-refractivity contribution in [1.29, 1.82) is 0 Å². The molecule has 158 valence electrons. The van der Waals surface area contributed by atoms with Crippen LogP contribution in [-0.4, -0.2) is 33.1 Å². The highest BCUT2D eigenvalue weighted by Gasteiger charge is 2.23. The third kappa shape index (κ3) is 4.49. The number of hydrogen-bond acceptors (Lipinski definition) is 3. The number of benzene rings is 1. The molecule has 4 rings (SSSR count). The molecular formula is C26H33N3O. The predicted octanol–water partition coefficient (Wildman–Crippen LogP) is 5.50. The van der Waals surface area contributed by atoms with Crippen LogP contribution in [-0.2, 0) is 6.54 Å². The Balaban J connectivity index is 1.47. The molecule has 0 bridgehead atoms. The number of unbranched alkanes of at least 4 members (excludes halogenated alkanes) is 2. The predicted molar refractivity (Wildman–Crippen MR) is 125 cm³/mol. The van der Waals surface area contributed by atoms with Gasteiger partial charge in [0.1, 0.15) is 0 Å². The van der Waals surface area contributed by atoms with Gasteiger partial charge in [-0.3, -0.25) is 14.7 Å². The first-order valence-electron chi connectivity index (χ1n) is 11.4. The summed E-state index contributed by atoms with van der Waals surface area (Å²) in [7, 11) is 0. The van der Waals surface area contributed by atoms with Gasteiger partial charge in [0.25, 0.3) is 5.56 Å². The zero-order chi connectivity index (χ0) is 20.9. The molecule has 1 aromatic carbocycles. The van der Waals surface area contributed by atoms with Crippen LogP contribution in [0.25, 0.3) is 22.0 Å². The van der Waals surface area contributed by atoms with E-state index in [1.165, 1.54) is 32.2 Å². The first kappa shape index (κ1) is 20.8. The highest BCUT2D eigenvalue weighted by atomic mass is 16.1. The van der Waals surface area contributed by atoms with Gasteiger partial charge in [0.15, 0.2) is 0 Å². The highest BCUT2D eigenvalue weighted by molar-refractivity contribution is 5.84. The SMILES string of the molecule is C[C@@H]1CCC[C@H](C)N1CCCCCn1c(=O)c(-c2cccnc2)cc2ccccc21. The Hall–Kier alpha value is -2.46. The summed E-state index contributed by atoms with van der Waals surface area (Å²) in [6, 6.07) is 15.5. The fraction of sp³-hybridized carbons (Fsp3) is 0.462. The van der Waals surface area contributed by atoms with E-state index in [9.17, 15) is 4.79 Å². The second-order valence-corrected chi connectivity index (χ2v) is 8.74. The summed E-state index contributed by atoms with van der Waals surface area (Å²) in [6.07, 6.45) is 10.9. The zero-order valence-corrected chi connectivity index (χ0v) is 18.3. The van der Waals surface area contributed by atoms with Gasteiger partial charge in [-0.15, -0.1) is 0 Å². The summed E-state index contributed by atoms with van der Waals surface area (Å²) in [5, 5.41) is 1.10. The number of fused-ring (bicyclic) bond motifs is 1. The Morgan fingerprint density at radius 1 is 0.967 bits per heavy atom. The van der Waals surface area contributed by atoms with E-state index in [-0.39, 0.29) is 5.56 Å². The number of rotatable bonds is 7. The highest BCUT2D eigenvalue weighted by Crippen LogP contribution is 2.23. The number of aromatic nitrogens is 2. The molecule has 1 fully saturated rings. The van der Waals surface area contributed by atoms with Crippen molar-refractivity contribution in [3.05, 3.63) is 65.2 Å². The average molecular weight is 404 g/mol. The van der Waals surface area contributed by atoms with Crippen LogP contribution in [0.5, 0.6) is 0 Å². The maximum atomic E-state index is 13.3. The molecule has 0 aliphatic carbocycles. The second-order valence-electron chi connectivity index (χ2n) is 8.74. The Labute approximate surface area is 179 Å². The number of hydrogen-bond donors (Lipinski definition) is 0. The van der Waals surface area contributed by atoms with E-state index in [1.807, 2.05) is 34.9 Å². The van der Waals surface area contributed by atoms with E-state index < -0.39 is 0 Å². The first-order valence-corrected chi connectivity index (χ1v) is 11.4. The fourth-order valence-corrected chi connectivity index (χ4v) is 4.93. The molecule has 30 heavy (non-hydrogen) atoms. The minimum atomic E-state index is 0.0833. The second kappa shape index (κ2) is 9.57. The number of aryl methyl sites for hydroxylation is 1. The lowest BCUT2D eigenvalue weighted by Gasteiger charge is -2.39. The molecule has 0 amide bonds. The fourth-order valence-electron chi connectivity index (χ4n) is 4.93. The van der Waals surface area contributed by atoms with Crippen LogP contribution < -0.4 is 5.56 Å². The molecule has 0 unspecified atom stereocenters. The zero-order valence-electron chi connectivity index (χ0n) is 18.3. The molecule has 0 spiro atoms. The van der Waals surface area contributed by atoms with Gasteiger partial charge >= 0.3 is 0 Å². The molecule has 3 heterocycles. The van der Waals surface area contributed by atoms with Gasteiger partial charge < -0.3 is 4.57 Å². The molecular weight excluding hydrogens is 370 g/mol. The maximum Gasteiger partial charge on any atom is 0.258 e. The molecule has 1 aliphatic heterocycles. The van der Waals surface area contributed by atoms with Crippen LogP contribution in [0, 0.1) is 0 Å². The molecule has 4 nitrogen and oxygen atoms in total. The van der Waals surface area contributed by atoms with Crippen molar-refractivity contribution in [3.8, 4) is 11.1 Å². The number of para-hydroxylation sites is 1. The molecule has 1 saturated heterocycles. The van der Waals surface area contributed by atoms with Crippen LogP contribution in [0.3, 0.4) is 0 Å². The van der Waals surface area contributed by atoms with Crippen molar-refractivity contribution in [2.45, 2.75) is 71.0 Å². The summed E-state index contributed by atoms with van der Waals surface area (Å²) in [5.41, 5.74) is 2.72. The standard InChI is InChI=1S/C26H33N3O/c1-20-10-8-11-21(2)28(20)16-6-3-7-17-29-25-14-5-4-12-22(25)18-24(26(29)30)23-13-9-15-27-19-23/h4-5,9,12-15,18-21H,3,6-8,10-11,16-17H2,1-2H3/t20-,21+. The van der Waals surface area contributed by atoms with E-state index in [0.717, 1.165) is 41.4 Å². The molecule has 2 atom stereocenters. The largest absolute Gasteiger partial charge is 0.308 e. The van der Waals surface area contributed by atoms with Gasteiger partial charge in [0.2, 0.25) is 0 Å². The van der Waals surface area contributed by atoms with Crippen molar-refractivity contribution in [3.63, 3.8) is 0 Å². The van der Waals surface area contributed by atoms with Crippen molar-refractivity contribution in [2.24, 2.45) is 0 Å². The summed E-state index contributed by atoms with van der Waals surface area (Å²) < 4.78 is 1.96. The topological polar surface area (TPSA) is 38.1 Å². The van der Waals surface area contributed by atoms with Gasteiger partial charge in [-0.25, -0.2) is 0 Å². The lowest BCUT2D eigenvalue weighted by atomic mass is 9.97. The Morgan fingerprint density at radius 3 is 2.50 bits per heavy atom. The minimum absolute atomic E-state index is 0.0833. The van der Waals surface area contributed by atoms with Crippen molar-refractivity contribution < 1.29 is 0 Å². The molecule has 4 heteroatoms. The van der Waals surface area contributed by atoms with Crippen molar-refractivity contribution >= 4 is 10.9 Å². The van der Waals surface area contributed by atoms with Crippen LogP contribution in [0.2, 0.25) is 0 Å². The first-order chi connectivity index (χ1) is 14.6. The van der Waals surface area contributed by atoms with E-state index >= 15 is 0 Å². The third-order valence-electron chi connectivity index (χ3n) is 6.65. The van der Waals surface area contributed by atoms with Crippen LogP contribution in [0.4, 0.5) is 0 Å². The normalized spacial score (nSPS) is 19.9. The summed E-state index contributed by atoms with van der Waals surface area (Å²) in [4.78, 5) is 20.2. The number of likely N-dealkylation sites (tertiary alicyclic amines) is 1. The molecule has 2 aromatic heterocycles. The van der Waals surface area contributed by atoms with Crippen molar-refractivity contribution in [1.82, 2.24) is 14.5 Å². The smallest absolute Gasteiger partial charge is 0.258 e. The van der Waals surface area contributed by atoms with Gasteiger partial charge in [0, 0.05) is 42.1 Å². The number of nitrogens with zero attached hydrogens (tertiary/aromatic N) is 3. The molecule has 0 radical (unpaired) electrons. The molecule has 1 aliphatic rings. The van der Waals surface area contributed by atoms with Gasteiger partial charge in [-0.1, -0.05) is 37.1 Å². The molecule has 3 aromatic rings. The summed E-state index contributed by atoms with van der Waals surface area (Å²) >= 11 is 0. The van der Waals surface area contributed by atoms with E-state index in [1.54, 1.807) is 12.4 Å². The monoisotopic (exact) mass is 403 g/mol. The summed E-state index contributed by atoms with van der Waals surface area (Å²) in [5.74, 6) is 0. The Morgan fingerprint density at radius 2 is 1.73 bits per heavy atom. The summed E-state index contributed by atoms with van der Waals surface area (Å²) in [6.45, 7) is 6.67.